The molecular formula is C15H19ClN2O. The van der Waals surface area contributed by atoms with Crippen molar-refractivity contribution in [3.8, 4) is 0 Å². The lowest BCUT2D eigenvalue weighted by Crippen LogP contribution is -2.27. The zero-order valence-corrected chi connectivity index (χ0v) is 11.9. The predicted octanol–water partition coefficient (Wildman–Crippen LogP) is 3.09. The fourth-order valence-electron chi connectivity index (χ4n) is 2.32. The van der Waals surface area contributed by atoms with E-state index in [4.69, 9.17) is 16.7 Å². The van der Waals surface area contributed by atoms with Crippen LogP contribution in [-0.4, -0.2) is 34.7 Å². The van der Waals surface area contributed by atoms with Crippen molar-refractivity contribution in [1.82, 2.24) is 9.88 Å². The van der Waals surface area contributed by atoms with Crippen LogP contribution >= 0.6 is 11.6 Å². The Balaban J connectivity index is 2.32. The summed E-state index contributed by atoms with van der Waals surface area (Å²) in [5, 5.41) is 10.9. The molecule has 0 fully saturated rings. The van der Waals surface area contributed by atoms with E-state index in [0.717, 1.165) is 41.0 Å². The lowest BCUT2D eigenvalue weighted by Gasteiger charge is -2.21. The van der Waals surface area contributed by atoms with Crippen molar-refractivity contribution in [2.24, 2.45) is 0 Å². The van der Waals surface area contributed by atoms with E-state index >= 15 is 0 Å². The normalized spacial score (nSPS) is 11.4. The lowest BCUT2D eigenvalue weighted by molar-refractivity contribution is 0.191. The largest absolute Gasteiger partial charge is 0.395 e. The van der Waals surface area contributed by atoms with Crippen molar-refractivity contribution < 1.29 is 5.11 Å². The van der Waals surface area contributed by atoms with Crippen LogP contribution in [0.2, 0.25) is 5.02 Å². The number of fused-ring (bicyclic) bond motifs is 1. The van der Waals surface area contributed by atoms with Crippen molar-refractivity contribution in [2.45, 2.75) is 19.9 Å². The quantitative estimate of drug-likeness (QED) is 0.882. The summed E-state index contributed by atoms with van der Waals surface area (Å²) >= 11 is 6.17. The minimum Gasteiger partial charge on any atom is -0.395 e. The van der Waals surface area contributed by atoms with Crippen molar-refractivity contribution in [2.75, 3.05) is 19.7 Å². The van der Waals surface area contributed by atoms with E-state index in [9.17, 15) is 0 Å². The summed E-state index contributed by atoms with van der Waals surface area (Å²) in [5.41, 5.74) is 2.11. The second-order valence-electron chi connectivity index (χ2n) is 4.64. The Kier molecular flexibility index (Phi) is 5.14. The van der Waals surface area contributed by atoms with Gasteiger partial charge in [-0.3, -0.25) is 9.88 Å². The van der Waals surface area contributed by atoms with E-state index in [1.165, 1.54) is 0 Å². The van der Waals surface area contributed by atoms with E-state index in [1.54, 1.807) is 6.20 Å². The number of halogens is 1. The van der Waals surface area contributed by atoms with Crippen molar-refractivity contribution >= 4 is 22.5 Å². The molecule has 102 valence electrons. The topological polar surface area (TPSA) is 36.4 Å². The Hall–Kier alpha value is -1.16. The SMILES string of the molecule is CCCN(CCO)Cc1cc(Cl)cc2cccnc12. The Morgan fingerprint density at radius 1 is 1.32 bits per heavy atom. The van der Waals surface area contributed by atoms with E-state index < -0.39 is 0 Å². The van der Waals surface area contributed by atoms with Gasteiger partial charge in [-0.15, -0.1) is 0 Å². The predicted molar refractivity (Wildman–Crippen MR) is 79.4 cm³/mol. The Bertz CT molecular complexity index is 539. The molecule has 1 aromatic heterocycles. The van der Waals surface area contributed by atoms with Crippen LogP contribution in [0, 0.1) is 0 Å². The zero-order chi connectivity index (χ0) is 13.7. The molecule has 0 spiro atoms. The first-order valence-electron chi connectivity index (χ1n) is 6.61. The Morgan fingerprint density at radius 2 is 2.16 bits per heavy atom. The van der Waals surface area contributed by atoms with Gasteiger partial charge in [0, 0.05) is 29.7 Å². The zero-order valence-electron chi connectivity index (χ0n) is 11.1. The summed E-state index contributed by atoms with van der Waals surface area (Å²) < 4.78 is 0. The molecule has 2 aromatic rings. The minimum absolute atomic E-state index is 0.173. The summed E-state index contributed by atoms with van der Waals surface area (Å²) in [6, 6.07) is 7.84. The molecule has 4 heteroatoms. The van der Waals surface area contributed by atoms with Gasteiger partial charge in [0.2, 0.25) is 0 Å². The maximum atomic E-state index is 9.13. The molecule has 0 radical (unpaired) electrons. The number of pyridine rings is 1. The van der Waals surface area contributed by atoms with Crippen LogP contribution < -0.4 is 0 Å². The van der Waals surface area contributed by atoms with Gasteiger partial charge in [-0.05, 0) is 36.7 Å². The molecule has 0 aliphatic carbocycles. The van der Waals surface area contributed by atoms with Crippen molar-refractivity contribution in [3.63, 3.8) is 0 Å². The number of hydrogen-bond donors (Lipinski definition) is 1. The van der Waals surface area contributed by atoms with Crippen LogP contribution in [0.1, 0.15) is 18.9 Å². The average Bonchev–Trinajstić information content (AvgIpc) is 2.39. The van der Waals surface area contributed by atoms with Crippen LogP contribution in [0.3, 0.4) is 0 Å². The molecule has 0 aliphatic rings. The van der Waals surface area contributed by atoms with Gasteiger partial charge < -0.3 is 5.11 Å². The number of hydrogen-bond acceptors (Lipinski definition) is 3. The maximum Gasteiger partial charge on any atom is 0.0747 e. The van der Waals surface area contributed by atoms with E-state index in [0.29, 0.717) is 6.54 Å². The van der Waals surface area contributed by atoms with Crippen LogP contribution in [-0.2, 0) is 6.54 Å². The van der Waals surface area contributed by atoms with Crippen LogP contribution in [0.15, 0.2) is 30.5 Å². The monoisotopic (exact) mass is 278 g/mol. The van der Waals surface area contributed by atoms with Crippen molar-refractivity contribution in [1.29, 1.82) is 0 Å². The summed E-state index contributed by atoms with van der Waals surface area (Å²) in [6.07, 6.45) is 2.86. The maximum absolute atomic E-state index is 9.13. The molecule has 0 aliphatic heterocycles. The summed E-state index contributed by atoms with van der Waals surface area (Å²) in [5.74, 6) is 0. The second kappa shape index (κ2) is 6.85. The molecule has 1 heterocycles. The third kappa shape index (κ3) is 3.66. The third-order valence-electron chi connectivity index (χ3n) is 3.10. The summed E-state index contributed by atoms with van der Waals surface area (Å²) in [4.78, 5) is 6.67. The number of aromatic nitrogens is 1. The van der Waals surface area contributed by atoms with Crippen molar-refractivity contribution in [3.05, 3.63) is 41.0 Å². The number of nitrogens with zero attached hydrogens (tertiary/aromatic N) is 2. The fraction of sp³-hybridized carbons (Fsp3) is 0.400. The third-order valence-corrected chi connectivity index (χ3v) is 3.32. The Labute approximate surface area is 118 Å². The molecule has 0 amide bonds. The highest BCUT2D eigenvalue weighted by Gasteiger charge is 2.09. The Morgan fingerprint density at radius 3 is 2.89 bits per heavy atom. The molecule has 1 aromatic carbocycles. The molecule has 0 bridgehead atoms. The highest BCUT2D eigenvalue weighted by molar-refractivity contribution is 6.31. The van der Waals surface area contributed by atoms with Gasteiger partial charge in [0.25, 0.3) is 0 Å². The van der Waals surface area contributed by atoms with E-state index in [-0.39, 0.29) is 6.61 Å². The van der Waals surface area contributed by atoms with E-state index in [1.807, 2.05) is 24.3 Å². The molecule has 1 N–H and O–H groups in total. The molecule has 0 atom stereocenters. The molecular weight excluding hydrogens is 260 g/mol. The van der Waals surface area contributed by atoms with Crippen LogP contribution in [0.5, 0.6) is 0 Å². The first kappa shape index (κ1) is 14.3. The first-order valence-corrected chi connectivity index (χ1v) is 6.98. The number of rotatable bonds is 6. The standard InChI is InChI=1S/C15H19ClN2O/c1-2-6-18(7-8-19)11-13-10-14(16)9-12-4-3-5-17-15(12)13/h3-5,9-10,19H,2,6-8,11H2,1H3. The number of aliphatic hydroxyl groups is 1. The molecule has 2 rings (SSSR count). The van der Waals surface area contributed by atoms with E-state index in [2.05, 4.69) is 16.8 Å². The highest BCUT2D eigenvalue weighted by atomic mass is 35.5. The summed E-state index contributed by atoms with van der Waals surface area (Å²) in [6.45, 7) is 4.71. The second-order valence-corrected chi connectivity index (χ2v) is 5.08. The lowest BCUT2D eigenvalue weighted by atomic mass is 10.1. The molecule has 0 saturated heterocycles. The summed E-state index contributed by atoms with van der Waals surface area (Å²) in [7, 11) is 0. The van der Waals surface area contributed by atoms with Gasteiger partial charge in [0.1, 0.15) is 0 Å². The number of benzene rings is 1. The van der Waals surface area contributed by atoms with Crippen LogP contribution in [0.4, 0.5) is 0 Å². The molecule has 0 saturated carbocycles. The number of aliphatic hydroxyl groups excluding tert-OH is 1. The van der Waals surface area contributed by atoms with Gasteiger partial charge in [-0.1, -0.05) is 24.6 Å². The van der Waals surface area contributed by atoms with Crippen LogP contribution in [0.25, 0.3) is 10.9 Å². The first-order chi connectivity index (χ1) is 9.24. The highest BCUT2D eigenvalue weighted by Crippen LogP contribution is 2.23. The fourth-order valence-corrected chi connectivity index (χ4v) is 2.57. The molecule has 19 heavy (non-hydrogen) atoms. The minimum atomic E-state index is 0.173. The van der Waals surface area contributed by atoms with Gasteiger partial charge in [0.15, 0.2) is 0 Å². The van der Waals surface area contributed by atoms with Gasteiger partial charge >= 0.3 is 0 Å². The molecule has 0 unspecified atom stereocenters. The average molecular weight is 279 g/mol. The van der Waals surface area contributed by atoms with Gasteiger partial charge in [0.05, 0.1) is 12.1 Å². The van der Waals surface area contributed by atoms with Gasteiger partial charge in [-0.2, -0.15) is 0 Å². The smallest absolute Gasteiger partial charge is 0.0747 e. The molecule has 3 nitrogen and oxygen atoms in total. The van der Waals surface area contributed by atoms with Gasteiger partial charge in [-0.25, -0.2) is 0 Å².